The molecular formula is C18H16ClFN2O2. The summed E-state index contributed by atoms with van der Waals surface area (Å²) < 4.78 is 12.9. The Morgan fingerprint density at radius 2 is 1.67 bits per heavy atom. The van der Waals surface area contributed by atoms with E-state index >= 15 is 0 Å². The Morgan fingerprint density at radius 3 is 2.33 bits per heavy atom. The summed E-state index contributed by atoms with van der Waals surface area (Å²) in [7, 11) is 0. The molecule has 0 saturated heterocycles. The largest absolute Gasteiger partial charge is 0.326 e. The van der Waals surface area contributed by atoms with Gasteiger partial charge in [0.15, 0.2) is 0 Å². The second-order valence-electron chi connectivity index (χ2n) is 5.89. The van der Waals surface area contributed by atoms with E-state index in [0.717, 1.165) is 5.56 Å². The highest BCUT2D eigenvalue weighted by molar-refractivity contribution is 6.31. The molecule has 0 heterocycles. The highest BCUT2D eigenvalue weighted by Gasteiger charge is 2.48. The van der Waals surface area contributed by atoms with Gasteiger partial charge >= 0.3 is 0 Å². The van der Waals surface area contributed by atoms with Crippen molar-refractivity contribution in [2.24, 2.45) is 11.8 Å². The fourth-order valence-electron chi connectivity index (χ4n) is 2.50. The Hall–Kier alpha value is -2.40. The van der Waals surface area contributed by atoms with Crippen molar-refractivity contribution >= 4 is 34.8 Å². The van der Waals surface area contributed by atoms with Crippen LogP contribution in [0.3, 0.4) is 0 Å². The molecule has 2 aromatic rings. The molecular weight excluding hydrogens is 331 g/mol. The summed E-state index contributed by atoms with van der Waals surface area (Å²) in [6, 6.07) is 10.8. The fourth-order valence-corrected chi connectivity index (χ4v) is 2.67. The quantitative estimate of drug-likeness (QED) is 0.879. The number of hydrogen-bond donors (Lipinski definition) is 2. The summed E-state index contributed by atoms with van der Waals surface area (Å²) in [5, 5.41) is 6.05. The van der Waals surface area contributed by atoms with Gasteiger partial charge in [0, 0.05) is 16.4 Å². The molecule has 6 heteroatoms. The molecule has 1 aliphatic rings. The molecule has 2 N–H and O–H groups in total. The summed E-state index contributed by atoms with van der Waals surface area (Å²) in [6.07, 6.45) is 0.498. The SMILES string of the molecule is Cc1ccc(Cl)cc1NC(=O)C1CC1C(=O)Nc1ccc(F)cc1. The maximum absolute atomic E-state index is 12.9. The van der Waals surface area contributed by atoms with Crippen LogP contribution >= 0.6 is 11.6 Å². The van der Waals surface area contributed by atoms with E-state index < -0.39 is 0 Å². The lowest BCUT2D eigenvalue weighted by atomic mass is 10.2. The highest BCUT2D eigenvalue weighted by atomic mass is 35.5. The number of carbonyl (C=O) groups is 2. The molecule has 1 fully saturated rings. The van der Waals surface area contributed by atoms with Gasteiger partial charge in [0.05, 0.1) is 11.8 Å². The first-order chi connectivity index (χ1) is 11.4. The normalized spacial score (nSPS) is 18.8. The van der Waals surface area contributed by atoms with Crippen LogP contribution in [-0.4, -0.2) is 11.8 Å². The van der Waals surface area contributed by atoms with E-state index in [4.69, 9.17) is 11.6 Å². The first-order valence-electron chi connectivity index (χ1n) is 7.57. The number of halogens is 2. The lowest BCUT2D eigenvalue weighted by Crippen LogP contribution is -2.20. The molecule has 1 saturated carbocycles. The minimum Gasteiger partial charge on any atom is -0.326 e. The van der Waals surface area contributed by atoms with Gasteiger partial charge in [0.2, 0.25) is 11.8 Å². The van der Waals surface area contributed by atoms with E-state index in [1.165, 1.54) is 24.3 Å². The third-order valence-corrected chi connectivity index (χ3v) is 4.27. The van der Waals surface area contributed by atoms with Crippen LogP contribution in [0, 0.1) is 24.6 Å². The van der Waals surface area contributed by atoms with Crippen LogP contribution in [0.25, 0.3) is 0 Å². The summed E-state index contributed by atoms with van der Waals surface area (Å²) in [4.78, 5) is 24.4. The van der Waals surface area contributed by atoms with Gasteiger partial charge in [0.25, 0.3) is 0 Å². The van der Waals surface area contributed by atoms with Crippen LogP contribution in [-0.2, 0) is 9.59 Å². The lowest BCUT2D eigenvalue weighted by Gasteiger charge is -2.09. The minimum absolute atomic E-state index is 0.195. The molecule has 2 aromatic carbocycles. The summed E-state index contributed by atoms with van der Waals surface area (Å²) in [5.41, 5.74) is 2.07. The van der Waals surface area contributed by atoms with Crippen molar-refractivity contribution in [1.29, 1.82) is 0 Å². The van der Waals surface area contributed by atoms with E-state index in [-0.39, 0.29) is 29.5 Å². The number of carbonyl (C=O) groups excluding carboxylic acids is 2. The summed E-state index contributed by atoms with van der Waals surface area (Å²) in [5.74, 6) is -1.52. The van der Waals surface area contributed by atoms with Crippen molar-refractivity contribution in [3.05, 3.63) is 58.9 Å². The van der Waals surface area contributed by atoms with Gasteiger partial charge < -0.3 is 10.6 Å². The van der Waals surface area contributed by atoms with Crippen LogP contribution in [0.15, 0.2) is 42.5 Å². The van der Waals surface area contributed by atoms with Crippen molar-refractivity contribution in [3.8, 4) is 0 Å². The number of rotatable bonds is 4. The zero-order chi connectivity index (χ0) is 17.3. The number of benzene rings is 2. The van der Waals surface area contributed by atoms with Gasteiger partial charge in [-0.1, -0.05) is 17.7 Å². The topological polar surface area (TPSA) is 58.2 Å². The predicted octanol–water partition coefficient (Wildman–Crippen LogP) is 4.00. The Bertz CT molecular complexity index is 792. The standard InChI is InChI=1S/C18H16ClFN2O2/c1-10-2-3-11(19)8-16(10)22-18(24)15-9-14(15)17(23)21-13-6-4-12(20)5-7-13/h2-8,14-15H,9H2,1H3,(H,21,23)(H,22,24). The second-order valence-corrected chi connectivity index (χ2v) is 6.33. The lowest BCUT2D eigenvalue weighted by molar-refractivity contribution is -0.122. The molecule has 2 unspecified atom stereocenters. The van der Waals surface area contributed by atoms with E-state index in [0.29, 0.717) is 22.8 Å². The Labute approximate surface area is 144 Å². The molecule has 24 heavy (non-hydrogen) atoms. The molecule has 4 nitrogen and oxygen atoms in total. The molecule has 0 radical (unpaired) electrons. The molecule has 1 aliphatic carbocycles. The molecule has 3 rings (SSSR count). The van der Waals surface area contributed by atoms with Gasteiger partial charge in [-0.15, -0.1) is 0 Å². The molecule has 0 bridgehead atoms. The van der Waals surface area contributed by atoms with Crippen LogP contribution < -0.4 is 10.6 Å². The zero-order valence-corrected chi connectivity index (χ0v) is 13.7. The van der Waals surface area contributed by atoms with Gasteiger partial charge in [0.1, 0.15) is 5.82 Å². The van der Waals surface area contributed by atoms with Crippen LogP contribution in [0.2, 0.25) is 5.02 Å². The van der Waals surface area contributed by atoms with Gasteiger partial charge in [-0.2, -0.15) is 0 Å². The first kappa shape index (κ1) is 16.5. The van der Waals surface area contributed by atoms with Crippen molar-refractivity contribution in [2.45, 2.75) is 13.3 Å². The third-order valence-electron chi connectivity index (χ3n) is 4.03. The monoisotopic (exact) mass is 346 g/mol. The maximum atomic E-state index is 12.9. The van der Waals surface area contributed by atoms with E-state index in [9.17, 15) is 14.0 Å². The van der Waals surface area contributed by atoms with Crippen LogP contribution in [0.5, 0.6) is 0 Å². The molecule has 124 valence electrons. The van der Waals surface area contributed by atoms with Gasteiger partial charge in [-0.05, 0) is 55.3 Å². The number of amides is 2. The first-order valence-corrected chi connectivity index (χ1v) is 7.95. The van der Waals surface area contributed by atoms with E-state index in [1.54, 1.807) is 12.1 Å². The average molecular weight is 347 g/mol. The molecule has 0 aliphatic heterocycles. The molecule has 2 atom stereocenters. The molecule has 2 amide bonds. The Morgan fingerprint density at radius 1 is 1.04 bits per heavy atom. The number of hydrogen-bond acceptors (Lipinski definition) is 2. The third kappa shape index (κ3) is 3.74. The Balaban J connectivity index is 1.58. The Kier molecular flexibility index (Phi) is 4.53. The van der Waals surface area contributed by atoms with Gasteiger partial charge in [-0.25, -0.2) is 4.39 Å². The maximum Gasteiger partial charge on any atom is 0.228 e. The summed E-state index contributed by atoms with van der Waals surface area (Å²) >= 11 is 5.93. The smallest absolute Gasteiger partial charge is 0.228 e. The van der Waals surface area contributed by atoms with Gasteiger partial charge in [-0.3, -0.25) is 9.59 Å². The zero-order valence-electron chi connectivity index (χ0n) is 13.0. The molecule has 0 spiro atoms. The minimum atomic E-state index is -0.367. The van der Waals surface area contributed by atoms with E-state index in [2.05, 4.69) is 10.6 Å². The number of nitrogens with one attached hydrogen (secondary N) is 2. The van der Waals surface area contributed by atoms with Crippen molar-refractivity contribution < 1.29 is 14.0 Å². The van der Waals surface area contributed by atoms with Crippen molar-refractivity contribution in [1.82, 2.24) is 0 Å². The van der Waals surface area contributed by atoms with Crippen molar-refractivity contribution in [2.75, 3.05) is 10.6 Å². The van der Waals surface area contributed by atoms with Crippen LogP contribution in [0.1, 0.15) is 12.0 Å². The van der Waals surface area contributed by atoms with E-state index in [1.807, 2.05) is 13.0 Å². The number of aryl methyl sites for hydroxylation is 1. The number of anilines is 2. The van der Waals surface area contributed by atoms with Crippen molar-refractivity contribution in [3.63, 3.8) is 0 Å². The fraction of sp³-hybridized carbons (Fsp3) is 0.222. The second kappa shape index (κ2) is 6.61. The van der Waals surface area contributed by atoms with Crippen LogP contribution in [0.4, 0.5) is 15.8 Å². The predicted molar refractivity (Wildman–Crippen MR) is 91.4 cm³/mol. The molecule has 0 aromatic heterocycles. The highest BCUT2D eigenvalue weighted by Crippen LogP contribution is 2.40. The summed E-state index contributed by atoms with van der Waals surface area (Å²) in [6.45, 7) is 1.87. The average Bonchev–Trinajstić information content (AvgIpc) is 3.34.